The Bertz CT molecular complexity index is 534. The average Bonchev–Trinajstić information content (AvgIpc) is 3.10. The van der Waals surface area contributed by atoms with Crippen LogP contribution in [0.2, 0.25) is 0 Å². The minimum atomic E-state index is 0.388. The lowest BCUT2D eigenvalue weighted by Gasteiger charge is -2.05. The SMILES string of the molecule is CCCNCCn1nnnc1SCc1ccn(C(C)C)n1. The smallest absolute Gasteiger partial charge is 0.209 e. The number of thioether (sulfide) groups is 1. The van der Waals surface area contributed by atoms with Gasteiger partial charge in [0.2, 0.25) is 5.16 Å². The Morgan fingerprint density at radius 3 is 2.90 bits per heavy atom. The van der Waals surface area contributed by atoms with E-state index in [1.165, 1.54) is 0 Å². The molecular formula is C13H23N7S. The first-order valence-electron chi connectivity index (χ1n) is 7.34. The Hall–Kier alpha value is -1.41. The van der Waals surface area contributed by atoms with E-state index in [1.807, 2.05) is 21.6 Å². The normalized spacial score (nSPS) is 11.4. The van der Waals surface area contributed by atoms with Crippen LogP contribution >= 0.6 is 11.8 Å². The first-order chi connectivity index (χ1) is 10.2. The van der Waals surface area contributed by atoms with Gasteiger partial charge in [0.05, 0.1) is 12.2 Å². The maximum Gasteiger partial charge on any atom is 0.209 e. The van der Waals surface area contributed by atoms with E-state index in [9.17, 15) is 0 Å². The van der Waals surface area contributed by atoms with Crippen molar-refractivity contribution in [3.05, 3.63) is 18.0 Å². The summed E-state index contributed by atoms with van der Waals surface area (Å²) in [5, 5.41) is 20.6. The number of tetrazole rings is 1. The fraction of sp³-hybridized carbons (Fsp3) is 0.692. The Kier molecular flexibility index (Phi) is 6.19. The van der Waals surface area contributed by atoms with Gasteiger partial charge in [0.1, 0.15) is 0 Å². The molecule has 0 aliphatic rings. The third-order valence-electron chi connectivity index (χ3n) is 2.97. The molecule has 0 saturated heterocycles. The lowest BCUT2D eigenvalue weighted by atomic mass is 10.4. The zero-order valence-electron chi connectivity index (χ0n) is 12.9. The number of aromatic nitrogens is 6. The highest BCUT2D eigenvalue weighted by atomic mass is 32.2. The Morgan fingerprint density at radius 1 is 1.33 bits per heavy atom. The molecule has 1 N–H and O–H groups in total. The molecule has 116 valence electrons. The van der Waals surface area contributed by atoms with E-state index in [-0.39, 0.29) is 0 Å². The third kappa shape index (κ3) is 4.82. The first kappa shape index (κ1) is 16.0. The second-order valence-corrected chi connectivity index (χ2v) is 6.05. The maximum absolute atomic E-state index is 4.53. The monoisotopic (exact) mass is 309 g/mol. The number of hydrogen-bond donors (Lipinski definition) is 1. The molecule has 0 atom stereocenters. The van der Waals surface area contributed by atoms with Gasteiger partial charge in [-0.25, -0.2) is 4.68 Å². The summed E-state index contributed by atoms with van der Waals surface area (Å²) in [5.41, 5.74) is 1.05. The molecule has 0 aromatic carbocycles. The van der Waals surface area contributed by atoms with Crippen LogP contribution in [0.25, 0.3) is 0 Å². The van der Waals surface area contributed by atoms with Crippen LogP contribution in [-0.2, 0) is 12.3 Å². The van der Waals surface area contributed by atoms with Crippen molar-refractivity contribution in [3.63, 3.8) is 0 Å². The first-order valence-corrected chi connectivity index (χ1v) is 8.33. The van der Waals surface area contributed by atoms with E-state index in [0.29, 0.717) is 6.04 Å². The van der Waals surface area contributed by atoms with E-state index in [0.717, 1.165) is 42.7 Å². The maximum atomic E-state index is 4.53. The summed E-state index contributed by atoms with van der Waals surface area (Å²) in [5.74, 6) is 0.780. The lowest BCUT2D eigenvalue weighted by Crippen LogP contribution is -2.21. The number of nitrogens with one attached hydrogen (secondary N) is 1. The minimum absolute atomic E-state index is 0.388. The van der Waals surface area contributed by atoms with Crippen molar-refractivity contribution in [1.82, 2.24) is 35.3 Å². The summed E-state index contributed by atoms with van der Waals surface area (Å²) < 4.78 is 3.81. The fourth-order valence-electron chi connectivity index (χ4n) is 1.81. The molecule has 0 saturated carbocycles. The van der Waals surface area contributed by atoms with Crippen LogP contribution in [0.1, 0.15) is 38.9 Å². The molecule has 0 amide bonds. The van der Waals surface area contributed by atoms with E-state index in [1.54, 1.807) is 11.8 Å². The largest absolute Gasteiger partial charge is 0.315 e. The topological polar surface area (TPSA) is 73.5 Å². The Labute approximate surface area is 129 Å². The second-order valence-electron chi connectivity index (χ2n) is 5.10. The number of rotatable bonds is 9. The molecule has 7 nitrogen and oxygen atoms in total. The van der Waals surface area contributed by atoms with Gasteiger partial charge in [-0.2, -0.15) is 5.10 Å². The molecule has 8 heteroatoms. The summed E-state index contributed by atoms with van der Waals surface area (Å²) >= 11 is 1.62. The van der Waals surface area contributed by atoms with Gasteiger partial charge >= 0.3 is 0 Å². The van der Waals surface area contributed by atoms with Crippen molar-refractivity contribution in [2.45, 2.75) is 50.7 Å². The molecule has 2 heterocycles. The van der Waals surface area contributed by atoms with Crippen LogP contribution in [0.5, 0.6) is 0 Å². The van der Waals surface area contributed by atoms with Gasteiger partial charge in [-0.05, 0) is 43.3 Å². The molecule has 0 unspecified atom stereocenters. The summed E-state index contributed by atoms with van der Waals surface area (Å²) in [7, 11) is 0. The second kappa shape index (κ2) is 8.14. The van der Waals surface area contributed by atoms with Gasteiger partial charge in [0.25, 0.3) is 0 Å². The van der Waals surface area contributed by atoms with Crippen molar-refractivity contribution in [2.24, 2.45) is 0 Å². The molecule has 0 aliphatic carbocycles. The number of hydrogen-bond acceptors (Lipinski definition) is 6. The molecule has 0 spiro atoms. The van der Waals surface area contributed by atoms with Crippen LogP contribution in [-0.4, -0.2) is 43.1 Å². The average molecular weight is 309 g/mol. The highest BCUT2D eigenvalue weighted by molar-refractivity contribution is 7.98. The lowest BCUT2D eigenvalue weighted by molar-refractivity contribution is 0.510. The molecule has 2 aromatic heterocycles. The molecule has 21 heavy (non-hydrogen) atoms. The van der Waals surface area contributed by atoms with Gasteiger partial charge in [-0.3, -0.25) is 4.68 Å². The molecule has 2 aromatic rings. The summed E-state index contributed by atoms with van der Waals surface area (Å²) in [4.78, 5) is 0. The van der Waals surface area contributed by atoms with Crippen molar-refractivity contribution < 1.29 is 0 Å². The van der Waals surface area contributed by atoms with Crippen molar-refractivity contribution in [1.29, 1.82) is 0 Å². The van der Waals surface area contributed by atoms with E-state index in [4.69, 9.17) is 0 Å². The van der Waals surface area contributed by atoms with Crippen LogP contribution in [0, 0.1) is 0 Å². The van der Waals surface area contributed by atoms with Crippen LogP contribution in [0.4, 0.5) is 0 Å². The summed E-state index contributed by atoms with van der Waals surface area (Å²) in [6, 6.07) is 2.43. The standard InChI is InChI=1S/C13H23N7S/c1-4-6-14-7-9-20-13(15-17-18-20)21-10-12-5-8-19(16-12)11(2)3/h5,8,11,14H,4,6-7,9-10H2,1-3H3. The van der Waals surface area contributed by atoms with Crippen molar-refractivity contribution >= 4 is 11.8 Å². The quantitative estimate of drug-likeness (QED) is 0.562. The zero-order chi connectivity index (χ0) is 15.1. The highest BCUT2D eigenvalue weighted by Crippen LogP contribution is 2.19. The zero-order valence-corrected chi connectivity index (χ0v) is 13.7. The van der Waals surface area contributed by atoms with Crippen LogP contribution < -0.4 is 5.32 Å². The van der Waals surface area contributed by atoms with E-state index < -0.39 is 0 Å². The van der Waals surface area contributed by atoms with Gasteiger partial charge in [0.15, 0.2) is 0 Å². The molecular weight excluding hydrogens is 286 g/mol. The molecule has 0 aliphatic heterocycles. The third-order valence-corrected chi connectivity index (χ3v) is 3.96. The molecule has 2 rings (SSSR count). The number of nitrogens with zero attached hydrogens (tertiary/aromatic N) is 6. The van der Waals surface area contributed by atoms with E-state index >= 15 is 0 Å². The van der Waals surface area contributed by atoms with Gasteiger partial charge in [-0.1, -0.05) is 18.7 Å². The highest BCUT2D eigenvalue weighted by Gasteiger charge is 2.08. The predicted octanol–water partition coefficient (Wildman–Crippen LogP) is 1.74. The Morgan fingerprint density at radius 2 is 2.19 bits per heavy atom. The molecule has 0 fully saturated rings. The molecule has 0 bridgehead atoms. The van der Waals surface area contributed by atoms with Gasteiger partial charge in [0, 0.05) is 24.5 Å². The minimum Gasteiger partial charge on any atom is -0.315 e. The fourth-order valence-corrected chi connectivity index (χ4v) is 2.61. The molecule has 0 radical (unpaired) electrons. The van der Waals surface area contributed by atoms with Crippen LogP contribution in [0.15, 0.2) is 17.4 Å². The van der Waals surface area contributed by atoms with Crippen molar-refractivity contribution in [2.75, 3.05) is 13.1 Å². The summed E-state index contributed by atoms with van der Waals surface area (Å²) in [6.45, 7) is 9.09. The van der Waals surface area contributed by atoms with E-state index in [2.05, 4.69) is 46.7 Å². The Balaban J connectivity index is 1.83. The van der Waals surface area contributed by atoms with Crippen LogP contribution in [0.3, 0.4) is 0 Å². The van der Waals surface area contributed by atoms with Gasteiger partial charge < -0.3 is 5.32 Å². The summed E-state index contributed by atoms with van der Waals surface area (Å²) in [6.07, 6.45) is 3.15. The predicted molar refractivity (Wildman–Crippen MR) is 83.2 cm³/mol. The van der Waals surface area contributed by atoms with Gasteiger partial charge in [-0.15, -0.1) is 5.10 Å². The van der Waals surface area contributed by atoms with Crippen molar-refractivity contribution in [3.8, 4) is 0 Å².